The molecule has 42 heavy (non-hydrogen) atoms. The molecule has 1 amide bonds. The van der Waals surface area contributed by atoms with Crippen molar-refractivity contribution >= 4 is 38.5 Å². The van der Waals surface area contributed by atoms with Crippen LogP contribution in [0.4, 0.5) is 18.9 Å². The molecule has 0 aliphatic carbocycles. The number of nitrogens with zero attached hydrogens (tertiary/aromatic N) is 1. The van der Waals surface area contributed by atoms with Crippen LogP contribution < -0.4 is 10.0 Å². The fraction of sp³-hybridized carbons (Fsp3) is 0.429. The molecular weight excluding hydrogens is 577 g/mol. The standard InChI is InChI=1S/C28H33F3N4O6S/c1-17(13-19-15-33-25-20(19)7-6-8-21(25)26(37)35-11-4-3-5-12-35)32-16-24(41-27(38)28(29,30)31)18-9-10-23(36)22(14-18)34-42(2,39)40/h6-10,14-15,17,24,32-34,36H,3-5,11-13,16H2,1-2H3/t17-,24+/m1/s1. The fourth-order valence-corrected chi connectivity index (χ4v) is 5.56. The van der Waals surface area contributed by atoms with Gasteiger partial charge in [0.15, 0.2) is 0 Å². The van der Waals surface area contributed by atoms with Crippen molar-refractivity contribution in [1.29, 1.82) is 0 Å². The van der Waals surface area contributed by atoms with E-state index in [4.69, 9.17) is 4.74 Å². The van der Waals surface area contributed by atoms with Gasteiger partial charge in [0.2, 0.25) is 10.0 Å². The molecule has 10 nitrogen and oxygen atoms in total. The molecule has 0 radical (unpaired) electrons. The van der Waals surface area contributed by atoms with Crippen LogP contribution in [0.2, 0.25) is 0 Å². The van der Waals surface area contributed by atoms with Crippen LogP contribution in [0.15, 0.2) is 42.6 Å². The molecule has 1 fully saturated rings. The molecule has 2 heterocycles. The van der Waals surface area contributed by atoms with Crippen molar-refractivity contribution in [1.82, 2.24) is 15.2 Å². The van der Waals surface area contributed by atoms with Gasteiger partial charge in [-0.2, -0.15) is 13.2 Å². The van der Waals surface area contributed by atoms with Crippen molar-refractivity contribution < 1.29 is 41.0 Å². The number of carbonyl (C=O) groups is 2. The van der Waals surface area contributed by atoms with Gasteiger partial charge >= 0.3 is 12.1 Å². The number of ether oxygens (including phenoxy) is 1. The minimum atomic E-state index is -5.25. The molecule has 1 saturated heterocycles. The number of hydrogen-bond acceptors (Lipinski definition) is 7. The lowest BCUT2D eigenvalue weighted by Crippen LogP contribution is -2.36. The quantitative estimate of drug-likeness (QED) is 0.199. The Hall–Kier alpha value is -3.78. The number of fused-ring (bicyclic) bond motifs is 1. The number of phenolic OH excluding ortho intramolecular Hbond substituents is 1. The van der Waals surface area contributed by atoms with Gasteiger partial charge in [0.05, 0.1) is 23.0 Å². The molecule has 0 unspecified atom stereocenters. The molecule has 2 atom stereocenters. The first-order valence-electron chi connectivity index (χ1n) is 13.4. The highest BCUT2D eigenvalue weighted by Gasteiger charge is 2.42. The number of carbonyl (C=O) groups excluding carboxylic acids is 2. The van der Waals surface area contributed by atoms with Gasteiger partial charge in [-0.1, -0.05) is 18.2 Å². The lowest BCUT2D eigenvalue weighted by molar-refractivity contribution is -0.205. The monoisotopic (exact) mass is 610 g/mol. The van der Waals surface area contributed by atoms with Crippen molar-refractivity contribution in [2.45, 2.75) is 50.9 Å². The Morgan fingerprint density at radius 1 is 1.14 bits per heavy atom. The number of H-pyrrole nitrogens is 1. The SMILES string of the molecule is C[C@H](Cc1c[nH]c2c(C(=O)N3CCCCC3)cccc12)NC[C@H](OC(=O)C(F)(F)F)c1ccc(O)c(NS(C)(=O)=O)c1. The van der Waals surface area contributed by atoms with E-state index in [0.29, 0.717) is 17.5 Å². The lowest BCUT2D eigenvalue weighted by atomic mass is 10.0. The van der Waals surface area contributed by atoms with Crippen molar-refractivity contribution in [2.24, 2.45) is 0 Å². The summed E-state index contributed by atoms with van der Waals surface area (Å²) in [4.78, 5) is 29.9. The maximum atomic E-state index is 13.2. The van der Waals surface area contributed by atoms with Crippen LogP contribution >= 0.6 is 0 Å². The Labute approximate surface area is 241 Å². The van der Waals surface area contributed by atoms with E-state index in [1.54, 1.807) is 19.2 Å². The van der Waals surface area contributed by atoms with Crippen LogP contribution in [0.3, 0.4) is 0 Å². The number of esters is 1. The zero-order chi connectivity index (χ0) is 30.7. The number of alkyl halides is 3. The second-order valence-electron chi connectivity index (χ2n) is 10.5. The number of likely N-dealkylation sites (tertiary alicyclic amines) is 1. The Morgan fingerprint density at radius 2 is 1.86 bits per heavy atom. The molecule has 0 bridgehead atoms. The van der Waals surface area contributed by atoms with Gasteiger partial charge in [-0.15, -0.1) is 0 Å². The third kappa shape index (κ3) is 7.73. The Morgan fingerprint density at radius 3 is 2.52 bits per heavy atom. The van der Waals surface area contributed by atoms with Crippen LogP contribution in [0.25, 0.3) is 10.9 Å². The van der Waals surface area contributed by atoms with Gasteiger partial charge in [0.25, 0.3) is 5.91 Å². The van der Waals surface area contributed by atoms with Crippen LogP contribution in [0.5, 0.6) is 5.75 Å². The molecule has 14 heteroatoms. The summed E-state index contributed by atoms with van der Waals surface area (Å²) >= 11 is 0. The minimum absolute atomic E-state index is 0.0317. The molecule has 3 aromatic rings. The second kappa shape index (κ2) is 12.6. The first-order chi connectivity index (χ1) is 19.7. The number of aromatic nitrogens is 1. The number of aromatic hydroxyl groups is 1. The summed E-state index contributed by atoms with van der Waals surface area (Å²) in [7, 11) is -3.82. The van der Waals surface area contributed by atoms with Crippen molar-refractivity contribution in [3.63, 3.8) is 0 Å². The number of benzene rings is 2. The summed E-state index contributed by atoms with van der Waals surface area (Å²) in [5.74, 6) is -2.90. The van der Waals surface area contributed by atoms with Crippen LogP contribution in [0, 0.1) is 0 Å². The summed E-state index contributed by atoms with van der Waals surface area (Å²) < 4.78 is 69.3. The molecular formula is C28H33F3N4O6S. The zero-order valence-electron chi connectivity index (χ0n) is 23.1. The average Bonchev–Trinajstić information content (AvgIpc) is 3.33. The number of para-hydroxylation sites is 1. The minimum Gasteiger partial charge on any atom is -0.506 e. The average molecular weight is 611 g/mol. The summed E-state index contributed by atoms with van der Waals surface area (Å²) in [6.07, 6.45) is -0.591. The van der Waals surface area contributed by atoms with Crippen LogP contribution in [0.1, 0.15) is 53.8 Å². The number of phenols is 1. The number of rotatable bonds is 10. The molecule has 1 aliphatic heterocycles. The molecule has 4 rings (SSSR count). The van der Waals surface area contributed by atoms with E-state index < -0.39 is 34.0 Å². The highest BCUT2D eigenvalue weighted by Crippen LogP contribution is 2.31. The number of piperidine rings is 1. The maximum Gasteiger partial charge on any atom is 0.490 e. The van der Waals surface area contributed by atoms with E-state index in [2.05, 4.69) is 15.0 Å². The third-order valence-electron chi connectivity index (χ3n) is 7.02. The Kier molecular flexibility index (Phi) is 9.36. The largest absolute Gasteiger partial charge is 0.506 e. The highest BCUT2D eigenvalue weighted by atomic mass is 32.2. The van der Waals surface area contributed by atoms with Gasteiger partial charge in [0, 0.05) is 37.3 Å². The van der Waals surface area contributed by atoms with E-state index in [-0.39, 0.29) is 29.7 Å². The molecule has 4 N–H and O–H groups in total. The molecule has 1 aromatic heterocycles. The number of amides is 1. The van der Waals surface area contributed by atoms with E-state index in [1.165, 1.54) is 6.07 Å². The normalized spacial score (nSPS) is 15.8. The topological polar surface area (TPSA) is 141 Å². The van der Waals surface area contributed by atoms with Gasteiger partial charge in [-0.25, -0.2) is 13.2 Å². The molecule has 228 valence electrons. The molecule has 0 saturated carbocycles. The predicted octanol–water partition coefficient (Wildman–Crippen LogP) is 4.24. The van der Waals surface area contributed by atoms with Crippen LogP contribution in [-0.4, -0.2) is 73.4 Å². The number of halogens is 3. The number of anilines is 1. The predicted molar refractivity (Wildman–Crippen MR) is 151 cm³/mol. The van der Waals surface area contributed by atoms with E-state index in [0.717, 1.165) is 61.7 Å². The van der Waals surface area contributed by atoms with E-state index in [9.17, 15) is 36.3 Å². The van der Waals surface area contributed by atoms with Gasteiger partial charge < -0.3 is 25.0 Å². The van der Waals surface area contributed by atoms with Crippen molar-refractivity contribution in [3.8, 4) is 5.75 Å². The smallest absolute Gasteiger partial charge is 0.490 e. The van der Waals surface area contributed by atoms with Gasteiger partial charge in [0.1, 0.15) is 11.9 Å². The number of hydrogen-bond donors (Lipinski definition) is 4. The molecule has 0 spiro atoms. The summed E-state index contributed by atoms with van der Waals surface area (Å²) in [5.41, 5.74) is 1.92. The summed E-state index contributed by atoms with van der Waals surface area (Å²) in [6, 6.07) is 8.61. The number of aromatic amines is 1. The lowest BCUT2D eigenvalue weighted by Gasteiger charge is -2.27. The van der Waals surface area contributed by atoms with Gasteiger partial charge in [-0.3, -0.25) is 9.52 Å². The summed E-state index contributed by atoms with van der Waals surface area (Å²) in [5, 5.41) is 13.9. The summed E-state index contributed by atoms with van der Waals surface area (Å²) in [6.45, 7) is 3.00. The zero-order valence-corrected chi connectivity index (χ0v) is 23.9. The van der Waals surface area contributed by atoms with Gasteiger partial charge in [-0.05, 0) is 61.9 Å². The molecule has 2 aromatic carbocycles. The Balaban J connectivity index is 1.51. The Bertz CT molecular complexity index is 1550. The van der Waals surface area contributed by atoms with E-state index in [1.807, 2.05) is 17.0 Å². The van der Waals surface area contributed by atoms with Crippen molar-refractivity contribution in [3.05, 3.63) is 59.3 Å². The number of nitrogens with one attached hydrogen (secondary N) is 3. The van der Waals surface area contributed by atoms with E-state index >= 15 is 0 Å². The maximum absolute atomic E-state index is 13.2. The number of sulfonamides is 1. The molecule has 1 aliphatic rings. The van der Waals surface area contributed by atoms with Crippen molar-refractivity contribution in [2.75, 3.05) is 30.6 Å². The second-order valence-corrected chi connectivity index (χ2v) is 12.2. The van der Waals surface area contributed by atoms with Crippen LogP contribution in [-0.2, 0) is 26.0 Å². The first-order valence-corrected chi connectivity index (χ1v) is 15.3. The fourth-order valence-electron chi connectivity index (χ4n) is 5.00. The highest BCUT2D eigenvalue weighted by molar-refractivity contribution is 7.92. The first kappa shape index (κ1) is 31.2. The third-order valence-corrected chi connectivity index (χ3v) is 7.61.